The van der Waals surface area contributed by atoms with Crippen molar-refractivity contribution in [2.24, 2.45) is 0 Å². The van der Waals surface area contributed by atoms with Gasteiger partial charge in [0.2, 0.25) is 0 Å². The zero-order valence-electron chi connectivity index (χ0n) is 12.6. The van der Waals surface area contributed by atoms with E-state index in [1.165, 1.54) is 21.8 Å². The number of nitrogens with zero attached hydrogens (tertiary/aromatic N) is 4. The summed E-state index contributed by atoms with van der Waals surface area (Å²) in [5.41, 5.74) is 1.18. The van der Waals surface area contributed by atoms with Crippen molar-refractivity contribution in [1.29, 1.82) is 0 Å². The van der Waals surface area contributed by atoms with Crippen LogP contribution in [0, 0.1) is 0 Å². The molecule has 0 aliphatic heterocycles. The van der Waals surface area contributed by atoms with E-state index in [4.69, 9.17) is 4.52 Å². The van der Waals surface area contributed by atoms with Crippen molar-refractivity contribution in [3.63, 3.8) is 0 Å². The average Bonchev–Trinajstić information content (AvgIpc) is 3.33. The van der Waals surface area contributed by atoms with Crippen LogP contribution in [0.4, 0.5) is 0 Å². The predicted molar refractivity (Wildman–Crippen MR) is 92.6 cm³/mol. The standard InChI is InChI=1S/C16H12N4O2S2/c21-16-13-9-3-1-4-10(9)24-15(13)17-8-20(16)7-12-18-14(22-19-12)11-5-2-6-23-11/h2,5-6,8H,1,3-4,7H2. The van der Waals surface area contributed by atoms with Crippen LogP contribution in [0.3, 0.4) is 0 Å². The van der Waals surface area contributed by atoms with Gasteiger partial charge in [-0.2, -0.15) is 4.98 Å². The molecule has 0 N–H and O–H groups in total. The molecule has 0 saturated heterocycles. The summed E-state index contributed by atoms with van der Waals surface area (Å²) in [6.45, 7) is 0.265. The molecule has 120 valence electrons. The Balaban J connectivity index is 1.53. The number of rotatable bonds is 3. The average molecular weight is 356 g/mol. The lowest BCUT2D eigenvalue weighted by Gasteiger charge is -2.02. The Hall–Kier alpha value is -2.32. The molecule has 4 aromatic heterocycles. The molecule has 0 fully saturated rings. The summed E-state index contributed by atoms with van der Waals surface area (Å²) in [6, 6.07) is 3.86. The van der Waals surface area contributed by atoms with Crippen LogP contribution >= 0.6 is 22.7 Å². The summed E-state index contributed by atoms with van der Waals surface area (Å²) in [4.78, 5) is 24.7. The third kappa shape index (κ3) is 2.14. The second kappa shape index (κ2) is 5.35. The van der Waals surface area contributed by atoms with E-state index in [1.54, 1.807) is 22.2 Å². The van der Waals surface area contributed by atoms with E-state index in [9.17, 15) is 4.79 Å². The van der Waals surface area contributed by atoms with Crippen molar-refractivity contribution in [2.75, 3.05) is 0 Å². The molecule has 4 heterocycles. The Labute approximate surface area is 144 Å². The second-order valence-corrected chi connectivity index (χ2v) is 7.74. The SMILES string of the molecule is O=c1c2c3c(sc2ncn1Cc1noc(-c2cccs2)n1)CCC3. The quantitative estimate of drug-likeness (QED) is 0.564. The van der Waals surface area contributed by atoms with Gasteiger partial charge >= 0.3 is 0 Å². The van der Waals surface area contributed by atoms with Crippen LogP contribution in [0.15, 0.2) is 33.2 Å². The van der Waals surface area contributed by atoms with Crippen molar-refractivity contribution in [2.45, 2.75) is 25.8 Å². The van der Waals surface area contributed by atoms with Gasteiger partial charge in [-0.1, -0.05) is 11.2 Å². The molecule has 8 heteroatoms. The normalized spacial score (nSPS) is 13.7. The van der Waals surface area contributed by atoms with Crippen molar-refractivity contribution in [3.8, 4) is 10.8 Å². The topological polar surface area (TPSA) is 73.8 Å². The van der Waals surface area contributed by atoms with Crippen LogP contribution in [0.5, 0.6) is 0 Å². The van der Waals surface area contributed by atoms with Gasteiger partial charge in [0.05, 0.1) is 23.1 Å². The smallest absolute Gasteiger partial charge is 0.268 e. The molecule has 24 heavy (non-hydrogen) atoms. The maximum Gasteiger partial charge on any atom is 0.268 e. The monoisotopic (exact) mass is 356 g/mol. The summed E-state index contributed by atoms with van der Waals surface area (Å²) in [7, 11) is 0. The number of aromatic nitrogens is 4. The van der Waals surface area contributed by atoms with Gasteiger partial charge < -0.3 is 4.52 Å². The molecule has 0 spiro atoms. The van der Waals surface area contributed by atoms with E-state index in [0.717, 1.165) is 34.4 Å². The number of fused-ring (bicyclic) bond motifs is 3. The number of thiophene rings is 2. The Morgan fingerprint density at radius 2 is 2.29 bits per heavy atom. The van der Waals surface area contributed by atoms with E-state index < -0.39 is 0 Å². The van der Waals surface area contributed by atoms with E-state index in [2.05, 4.69) is 15.1 Å². The molecule has 0 aromatic carbocycles. The summed E-state index contributed by atoms with van der Waals surface area (Å²) >= 11 is 3.18. The first-order valence-electron chi connectivity index (χ1n) is 7.66. The van der Waals surface area contributed by atoms with Gasteiger partial charge in [-0.15, -0.1) is 22.7 Å². The fourth-order valence-corrected chi connectivity index (χ4v) is 4.97. The number of aryl methyl sites for hydroxylation is 2. The number of hydrogen-bond donors (Lipinski definition) is 0. The second-order valence-electron chi connectivity index (χ2n) is 5.71. The number of hydrogen-bond acceptors (Lipinski definition) is 7. The summed E-state index contributed by atoms with van der Waals surface area (Å²) in [5, 5.41) is 6.72. The van der Waals surface area contributed by atoms with Gasteiger partial charge in [0.1, 0.15) is 4.83 Å². The fourth-order valence-electron chi connectivity index (χ4n) is 3.10. The molecule has 1 aliphatic rings. The van der Waals surface area contributed by atoms with Gasteiger partial charge in [0.25, 0.3) is 11.4 Å². The summed E-state index contributed by atoms with van der Waals surface area (Å²) in [6.07, 6.45) is 4.74. The van der Waals surface area contributed by atoms with Gasteiger partial charge in [-0.3, -0.25) is 9.36 Å². The predicted octanol–water partition coefficient (Wildman–Crippen LogP) is 3.11. The van der Waals surface area contributed by atoms with E-state index in [0.29, 0.717) is 11.7 Å². The Kier molecular flexibility index (Phi) is 3.14. The van der Waals surface area contributed by atoms with E-state index in [-0.39, 0.29) is 12.1 Å². The molecule has 0 saturated carbocycles. The molecule has 0 radical (unpaired) electrons. The maximum absolute atomic E-state index is 12.8. The first-order valence-corrected chi connectivity index (χ1v) is 9.35. The van der Waals surface area contributed by atoms with Crippen LogP contribution in [0.25, 0.3) is 21.0 Å². The van der Waals surface area contributed by atoms with Gasteiger partial charge in [0.15, 0.2) is 5.82 Å². The first kappa shape index (κ1) is 14.1. The lowest BCUT2D eigenvalue weighted by atomic mass is 10.2. The molecule has 6 nitrogen and oxygen atoms in total. The zero-order chi connectivity index (χ0) is 16.1. The van der Waals surface area contributed by atoms with Gasteiger partial charge in [-0.25, -0.2) is 4.98 Å². The third-order valence-electron chi connectivity index (χ3n) is 4.20. The molecule has 5 rings (SSSR count). The lowest BCUT2D eigenvalue weighted by molar-refractivity contribution is 0.421. The third-order valence-corrected chi connectivity index (χ3v) is 6.26. The fraction of sp³-hybridized carbons (Fsp3) is 0.250. The van der Waals surface area contributed by atoms with Crippen LogP contribution in [0.2, 0.25) is 0 Å². The molecule has 4 aromatic rings. The maximum atomic E-state index is 12.8. The Morgan fingerprint density at radius 1 is 1.33 bits per heavy atom. The molecular formula is C16H12N4O2S2. The molecule has 0 atom stereocenters. The highest BCUT2D eigenvalue weighted by Crippen LogP contribution is 2.34. The van der Waals surface area contributed by atoms with Crippen molar-refractivity contribution in [1.82, 2.24) is 19.7 Å². The van der Waals surface area contributed by atoms with E-state index in [1.807, 2.05) is 17.5 Å². The molecule has 0 bridgehead atoms. The molecule has 1 aliphatic carbocycles. The minimum Gasteiger partial charge on any atom is -0.333 e. The molecule has 0 amide bonds. The highest BCUT2D eigenvalue weighted by atomic mass is 32.1. The van der Waals surface area contributed by atoms with Gasteiger partial charge in [0, 0.05) is 4.88 Å². The summed E-state index contributed by atoms with van der Waals surface area (Å²) < 4.78 is 6.85. The highest BCUT2D eigenvalue weighted by Gasteiger charge is 2.21. The Morgan fingerprint density at radius 3 is 3.17 bits per heavy atom. The van der Waals surface area contributed by atoms with Crippen LogP contribution in [-0.4, -0.2) is 19.7 Å². The highest BCUT2D eigenvalue weighted by molar-refractivity contribution is 7.18. The minimum atomic E-state index is -0.0122. The van der Waals surface area contributed by atoms with Crippen molar-refractivity contribution < 1.29 is 4.52 Å². The molecule has 0 unspecified atom stereocenters. The minimum absolute atomic E-state index is 0.0122. The van der Waals surface area contributed by atoms with Crippen molar-refractivity contribution in [3.05, 3.63) is 50.5 Å². The zero-order valence-corrected chi connectivity index (χ0v) is 14.2. The van der Waals surface area contributed by atoms with Crippen LogP contribution in [0.1, 0.15) is 22.7 Å². The van der Waals surface area contributed by atoms with Crippen LogP contribution in [-0.2, 0) is 19.4 Å². The Bertz CT molecular complexity index is 1090. The first-order chi connectivity index (χ1) is 11.8. The van der Waals surface area contributed by atoms with Crippen LogP contribution < -0.4 is 5.56 Å². The molecular weight excluding hydrogens is 344 g/mol. The van der Waals surface area contributed by atoms with Gasteiger partial charge in [-0.05, 0) is 36.3 Å². The largest absolute Gasteiger partial charge is 0.333 e. The van der Waals surface area contributed by atoms with E-state index >= 15 is 0 Å². The summed E-state index contributed by atoms with van der Waals surface area (Å²) in [5.74, 6) is 0.965. The van der Waals surface area contributed by atoms with Crippen molar-refractivity contribution >= 4 is 32.9 Å². The lowest BCUT2D eigenvalue weighted by Crippen LogP contribution is -2.21.